The highest BCUT2D eigenvalue weighted by atomic mass is 35.5. The van der Waals surface area contributed by atoms with Crippen LogP contribution in [0.2, 0.25) is 0 Å². The van der Waals surface area contributed by atoms with Crippen LogP contribution >= 0.6 is 12.4 Å². The Bertz CT molecular complexity index is 708. The molecule has 3 N–H and O–H groups in total. The summed E-state index contributed by atoms with van der Waals surface area (Å²) in [5.41, 5.74) is 1.77. The Kier molecular flexibility index (Phi) is 8.54. The molecule has 1 aliphatic rings. The predicted octanol–water partition coefficient (Wildman–Crippen LogP) is 1.83. The highest BCUT2D eigenvalue weighted by molar-refractivity contribution is 5.85. The third-order valence-corrected chi connectivity index (χ3v) is 4.18. The summed E-state index contributed by atoms with van der Waals surface area (Å²) in [6.07, 6.45) is -1.31. The standard InChI is InChI=1S/C20H24N2O4.ClH/c23-18(12-22-20(24)19-13-21-9-10-25-19)16-7-4-8-17(11-16)26-14-15-5-2-1-3-6-15;/h1-8,11,18-19,21,23H,9-10,12-14H2,(H,22,24);1H. The third-order valence-electron chi connectivity index (χ3n) is 4.18. The van der Waals surface area contributed by atoms with E-state index in [4.69, 9.17) is 9.47 Å². The van der Waals surface area contributed by atoms with Gasteiger partial charge in [-0.15, -0.1) is 12.4 Å². The van der Waals surface area contributed by atoms with Crippen molar-refractivity contribution in [3.63, 3.8) is 0 Å². The third kappa shape index (κ3) is 6.52. The van der Waals surface area contributed by atoms with Crippen molar-refractivity contribution in [3.8, 4) is 5.75 Å². The van der Waals surface area contributed by atoms with Gasteiger partial charge >= 0.3 is 0 Å². The van der Waals surface area contributed by atoms with Crippen molar-refractivity contribution in [3.05, 3.63) is 65.7 Å². The zero-order chi connectivity index (χ0) is 18.2. The summed E-state index contributed by atoms with van der Waals surface area (Å²) in [4.78, 5) is 12.0. The average molecular weight is 393 g/mol. The summed E-state index contributed by atoms with van der Waals surface area (Å²) in [5, 5.41) is 16.2. The van der Waals surface area contributed by atoms with Gasteiger partial charge in [-0.2, -0.15) is 0 Å². The number of hydrogen-bond acceptors (Lipinski definition) is 5. The van der Waals surface area contributed by atoms with Crippen molar-refractivity contribution in [2.24, 2.45) is 0 Å². The van der Waals surface area contributed by atoms with Gasteiger partial charge in [0.25, 0.3) is 5.91 Å². The number of aliphatic hydroxyl groups excluding tert-OH is 1. The van der Waals surface area contributed by atoms with E-state index >= 15 is 0 Å². The zero-order valence-corrected chi connectivity index (χ0v) is 15.8. The molecule has 2 unspecified atom stereocenters. The monoisotopic (exact) mass is 392 g/mol. The summed E-state index contributed by atoms with van der Waals surface area (Å²) in [7, 11) is 0. The number of amides is 1. The van der Waals surface area contributed by atoms with Crippen LogP contribution in [0.4, 0.5) is 0 Å². The molecule has 0 saturated carbocycles. The van der Waals surface area contributed by atoms with Crippen molar-refractivity contribution in [2.45, 2.75) is 18.8 Å². The molecular weight excluding hydrogens is 368 g/mol. The van der Waals surface area contributed by atoms with E-state index in [0.29, 0.717) is 31.1 Å². The molecule has 2 aromatic carbocycles. The SMILES string of the molecule is Cl.O=C(NCC(O)c1cccc(OCc2ccccc2)c1)C1CNCCO1. The predicted molar refractivity (Wildman–Crippen MR) is 105 cm³/mol. The second-order valence-corrected chi connectivity index (χ2v) is 6.17. The van der Waals surface area contributed by atoms with Gasteiger partial charge in [0.05, 0.1) is 12.7 Å². The molecule has 0 radical (unpaired) electrons. The van der Waals surface area contributed by atoms with E-state index in [1.54, 1.807) is 6.07 Å². The molecule has 6 nitrogen and oxygen atoms in total. The van der Waals surface area contributed by atoms with Crippen molar-refractivity contribution < 1.29 is 19.4 Å². The van der Waals surface area contributed by atoms with Gasteiger partial charge in [-0.1, -0.05) is 42.5 Å². The number of halogens is 1. The molecule has 7 heteroatoms. The highest BCUT2D eigenvalue weighted by Gasteiger charge is 2.22. The molecule has 3 rings (SSSR count). The van der Waals surface area contributed by atoms with Gasteiger partial charge in [-0.25, -0.2) is 0 Å². The molecule has 1 heterocycles. The fourth-order valence-corrected chi connectivity index (χ4v) is 2.72. The minimum Gasteiger partial charge on any atom is -0.489 e. The number of carbonyl (C=O) groups excluding carboxylic acids is 1. The van der Waals surface area contributed by atoms with Gasteiger partial charge in [0.15, 0.2) is 0 Å². The summed E-state index contributed by atoms with van der Waals surface area (Å²) < 4.78 is 11.2. The summed E-state index contributed by atoms with van der Waals surface area (Å²) >= 11 is 0. The van der Waals surface area contributed by atoms with Gasteiger partial charge in [-0.3, -0.25) is 4.79 Å². The number of carbonyl (C=O) groups is 1. The Balaban J connectivity index is 0.00000261. The van der Waals surface area contributed by atoms with Crippen molar-refractivity contribution in [1.29, 1.82) is 0 Å². The highest BCUT2D eigenvalue weighted by Crippen LogP contribution is 2.20. The van der Waals surface area contributed by atoms with E-state index in [0.717, 1.165) is 12.1 Å². The molecule has 27 heavy (non-hydrogen) atoms. The number of ether oxygens (including phenoxy) is 2. The normalized spacial score (nSPS) is 17.4. The Morgan fingerprint density at radius 2 is 2.07 bits per heavy atom. The second kappa shape index (κ2) is 10.9. The summed E-state index contributed by atoms with van der Waals surface area (Å²) in [6, 6.07) is 17.2. The second-order valence-electron chi connectivity index (χ2n) is 6.17. The summed E-state index contributed by atoms with van der Waals surface area (Å²) in [5.74, 6) is 0.462. The maximum Gasteiger partial charge on any atom is 0.250 e. The first-order valence-electron chi connectivity index (χ1n) is 8.77. The molecule has 1 amide bonds. The Morgan fingerprint density at radius 1 is 1.26 bits per heavy atom. The van der Waals surface area contributed by atoms with Gasteiger partial charge < -0.3 is 25.2 Å². The molecule has 2 aromatic rings. The molecule has 146 valence electrons. The number of nitrogens with one attached hydrogen (secondary N) is 2. The average Bonchev–Trinajstić information content (AvgIpc) is 2.72. The van der Waals surface area contributed by atoms with Gasteiger partial charge in [0.2, 0.25) is 0 Å². The molecule has 2 atom stereocenters. The quantitative estimate of drug-likeness (QED) is 0.670. The first-order chi connectivity index (χ1) is 12.7. The lowest BCUT2D eigenvalue weighted by atomic mass is 10.1. The lowest BCUT2D eigenvalue weighted by Gasteiger charge is -2.23. The largest absolute Gasteiger partial charge is 0.489 e. The number of benzene rings is 2. The Morgan fingerprint density at radius 3 is 2.81 bits per heavy atom. The van der Waals surface area contributed by atoms with Crippen LogP contribution in [0.1, 0.15) is 17.2 Å². The van der Waals surface area contributed by atoms with Crippen LogP contribution in [0.5, 0.6) is 5.75 Å². The van der Waals surface area contributed by atoms with E-state index in [2.05, 4.69) is 10.6 Å². The van der Waals surface area contributed by atoms with Crippen molar-refractivity contribution in [2.75, 3.05) is 26.2 Å². The minimum atomic E-state index is -0.809. The molecule has 1 aliphatic heterocycles. The molecular formula is C20H25ClN2O4. The van der Waals surface area contributed by atoms with Gasteiger partial charge in [0.1, 0.15) is 18.5 Å². The number of hydrogen-bond donors (Lipinski definition) is 3. The van der Waals surface area contributed by atoms with Crippen LogP contribution in [-0.2, 0) is 16.1 Å². The van der Waals surface area contributed by atoms with E-state index in [-0.39, 0.29) is 24.9 Å². The lowest BCUT2D eigenvalue weighted by molar-refractivity contribution is -0.134. The zero-order valence-electron chi connectivity index (χ0n) is 15.0. The van der Waals surface area contributed by atoms with Crippen molar-refractivity contribution >= 4 is 18.3 Å². The maximum atomic E-state index is 12.0. The lowest BCUT2D eigenvalue weighted by Crippen LogP contribution is -2.48. The van der Waals surface area contributed by atoms with Crippen molar-refractivity contribution in [1.82, 2.24) is 10.6 Å². The first-order valence-corrected chi connectivity index (χ1v) is 8.77. The smallest absolute Gasteiger partial charge is 0.250 e. The first kappa shape index (κ1) is 21.2. The Labute approximate surface area is 165 Å². The molecule has 1 fully saturated rings. The van der Waals surface area contributed by atoms with Crippen LogP contribution in [0.3, 0.4) is 0 Å². The Hall–Kier alpha value is -2.12. The summed E-state index contributed by atoms with van der Waals surface area (Å²) in [6.45, 7) is 2.35. The molecule has 0 bridgehead atoms. The minimum absolute atomic E-state index is 0. The maximum absolute atomic E-state index is 12.0. The number of morpholine rings is 1. The van der Waals surface area contributed by atoms with Crippen LogP contribution in [0.25, 0.3) is 0 Å². The van der Waals surface area contributed by atoms with Gasteiger partial charge in [-0.05, 0) is 23.3 Å². The van der Waals surface area contributed by atoms with E-state index in [1.165, 1.54) is 0 Å². The van der Waals surface area contributed by atoms with E-state index in [9.17, 15) is 9.90 Å². The number of rotatable bonds is 7. The van der Waals surface area contributed by atoms with E-state index in [1.807, 2.05) is 48.5 Å². The number of aliphatic hydroxyl groups is 1. The fraction of sp³-hybridized carbons (Fsp3) is 0.350. The van der Waals surface area contributed by atoms with E-state index < -0.39 is 12.2 Å². The molecule has 0 spiro atoms. The van der Waals surface area contributed by atoms with Crippen LogP contribution in [0, 0.1) is 0 Å². The van der Waals surface area contributed by atoms with Crippen LogP contribution < -0.4 is 15.4 Å². The molecule has 1 saturated heterocycles. The topological polar surface area (TPSA) is 79.8 Å². The molecule has 0 aliphatic carbocycles. The fourth-order valence-electron chi connectivity index (χ4n) is 2.72. The molecule has 0 aromatic heterocycles. The van der Waals surface area contributed by atoms with Crippen LogP contribution in [0.15, 0.2) is 54.6 Å². The van der Waals surface area contributed by atoms with Crippen LogP contribution in [-0.4, -0.2) is 43.4 Å². The van der Waals surface area contributed by atoms with Gasteiger partial charge in [0, 0.05) is 19.6 Å².